The van der Waals surface area contributed by atoms with Crippen molar-refractivity contribution < 1.29 is 31.6 Å². The summed E-state index contributed by atoms with van der Waals surface area (Å²) < 4.78 is 54.5. The monoisotopic (exact) mass is 384 g/mol. The van der Waals surface area contributed by atoms with Crippen LogP contribution < -0.4 is 9.47 Å². The molecule has 2 aromatic carbocycles. The van der Waals surface area contributed by atoms with E-state index < -0.39 is 17.7 Å². The fourth-order valence-corrected chi connectivity index (χ4v) is 2.51. The van der Waals surface area contributed by atoms with Crippen LogP contribution >= 0.6 is 12.0 Å². The van der Waals surface area contributed by atoms with Crippen LogP contribution in [0.25, 0.3) is 6.08 Å². The standard InChI is InChI=1S/C18H15F3O4S/c1-23-15-9-8-13(11-16(15)24-2)26-25-17(22)14(18(19,20)21)10-12-6-4-3-5-7-12/h3-11H,1-2H3/b14-10+. The Morgan fingerprint density at radius 3 is 2.23 bits per heavy atom. The number of ether oxygens (including phenoxy) is 2. The van der Waals surface area contributed by atoms with E-state index in [1.54, 1.807) is 24.3 Å². The van der Waals surface area contributed by atoms with E-state index in [1.807, 2.05) is 0 Å². The molecule has 0 fully saturated rings. The second kappa shape index (κ2) is 8.66. The Balaban J connectivity index is 2.17. The van der Waals surface area contributed by atoms with Crippen LogP contribution in [0.5, 0.6) is 11.5 Å². The second-order valence-electron chi connectivity index (χ2n) is 4.94. The molecule has 0 N–H and O–H groups in total. The molecule has 26 heavy (non-hydrogen) atoms. The zero-order valence-corrected chi connectivity index (χ0v) is 14.7. The van der Waals surface area contributed by atoms with Gasteiger partial charge in [0.1, 0.15) is 5.57 Å². The second-order valence-corrected chi connectivity index (χ2v) is 5.74. The molecular weight excluding hydrogens is 369 g/mol. The van der Waals surface area contributed by atoms with E-state index in [0.29, 0.717) is 28.4 Å². The van der Waals surface area contributed by atoms with Crippen molar-refractivity contribution in [2.75, 3.05) is 14.2 Å². The molecule has 0 saturated carbocycles. The average Bonchev–Trinajstić information content (AvgIpc) is 2.63. The van der Waals surface area contributed by atoms with Crippen molar-refractivity contribution in [1.82, 2.24) is 0 Å². The van der Waals surface area contributed by atoms with Gasteiger partial charge in [-0.05, 0) is 23.8 Å². The maximum Gasteiger partial charge on any atom is 0.423 e. The van der Waals surface area contributed by atoms with Crippen LogP contribution in [0.3, 0.4) is 0 Å². The van der Waals surface area contributed by atoms with Gasteiger partial charge in [0.15, 0.2) is 11.5 Å². The SMILES string of the molecule is COc1ccc(SOC(=O)/C(=C\c2ccccc2)C(F)(F)F)cc1OC. The van der Waals surface area contributed by atoms with Crippen LogP contribution in [0, 0.1) is 0 Å². The van der Waals surface area contributed by atoms with Gasteiger partial charge in [0, 0.05) is 6.07 Å². The highest BCUT2D eigenvalue weighted by molar-refractivity contribution is 7.95. The molecule has 0 aromatic heterocycles. The maximum atomic E-state index is 13.2. The Morgan fingerprint density at radius 1 is 1.00 bits per heavy atom. The van der Waals surface area contributed by atoms with Gasteiger partial charge in [0.2, 0.25) is 0 Å². The summed E-state index contributed by atoms with van der Waals surface area (Å²) in [5.74, 6) is -0.673. The van der Waals surface area contributed by atoms with Crippen molar-refractivity contribution in [2.24, 2.45) is 0 Å². The van der Waals surface area contributed by atoms with Gasteiger partial charge in [-0.1, -0.05) is 30.3 Å². The highest BCUT2D eigenvalue weighted by atomic mass is 32.2. The number of hydrogen-bond donors (Lipinski definition) is 0. The van der Waals surface area contributed by atoms with Gasteiger partial charge in [-0.3, -0.25) is 0 Å². The van der Waals surface area contributed by atoms with E-state index in [1.165, 1.54) is 38.5 Å². The minimum absolute atomic E-state index is 0.243. The lowest BCUT2D eigenvalue weighted by Gasteiger charge is -2.12. The van der Waals surface area contributed by atoms with Crippen molar-refractivity contribution in [3.05, 3.63) is 59.7 Å². The Hall–Kier alpha value is -2.61. The fourth-order valence-electron chi connectivity index (χ4n) is 1.97. The molecule has 2 rings (SSSR count). The van der Waals surface area contributed by atoms with E-state index in [-0.39, 0.29) is 5.56 Å². The number of carbonyl (C=O) groups is 1. The summed E-state index contributed by atoms with van der Waals surface area (Å²) >= 11 is 0.506. The van der Waals surface area contributed by atoms with Gasteiger partial charge >= 0.3 is 12.1 Å². The van der Waals surface area contributed by atoms with E-state index in [2.05, 4.69) is 0 Å². The molecular formula is C18H15F3O4S. The van der Waals surface area contributed by atoms with Gasteiger partial charge in [0.25, 0.3) is 0 Å². The van der Waals surface area contributed by atoms with Crippen LogP contribution in [-0.2, 0) is 8.98 Å². The zero-order chi connectivity index (χ0) is 19.2. The predicted molar refractivity (Wildman–Crippen MR) is 92.0 cm³/mol. The zero-order valence-electron chi connectivity index (χ0n) is 13.9. The molecule has 0 spiro atoms. The first kappa shape index (κ1) is 19.7. The molecule has 0 aliphatic carbocycles. The summed E-state index contributed by atoms with van der Waals surface area (Å²) in [7, 11) is 2.87. The van der Waals surface area contributed by atoms with E-state index in [9.17, 15) is 18.0 Å². The molecule has 0 bridgehead atoms. The lowest BCUT2D eigenvalue weighted by atomic mass is 10.1. The van der Waals surface area contributed by atoms with Crippen molar-refractivity contribution in [1.29, 1.82) is 0 Å². The number of alkyl halides is 3. The fraction of sp³-hybridized carbons (Fsp3) is 0.167. The quantitative estimate of drug-likeness (QED) is 0.524. The van der Waals surface area contributed by atoms with Crippen molar-refractivity contribution >= 4 is 24.1 Å². The molecule has 0 aliphatic rings. The van der Waals surface area contributed by atoms with Crippen LogP contribution in [0.4, 0.5) is 13.2 Å². The molecule has 0 aliphatic heterocycles. The van der Waals surface area contributed by atoms with Crippen molar-refractivity contribution in [3.8, 4) is 11.5 Å². The van der Waals surface area contributed by atoms with E-state index in [4.69, 9.17) is 13.7 Å². The van der Waals surface area contributed by atoms with Crippen LogP contribution in [0.1, 0.15) is 5.56 Å². The van der Waals surface area contributed by atoms with Gasteiger partial charge in [-0.15, -0.1) is 0 Å². The average molecular weight is 384 g/mol. The molecule has 0 radical (unpaired) electrons. The smallest absolute Gasteiger partial charge is 0.423 e. The van der Waals surface area contributed by atoms with E-state index >= 15 is 0 Å². The lowest BCUT2D eigenvalue weighted by molar-refractivity contribution is -0.140. The third-order valence-corrected chi connectivity index (χ3v) is 3.89. The normalized spacial score (nSPS) is 11.8. The summed E-state index contributed by atoms with van der Waals surface area (Å²) in [4.78, 5) is 12.3. The third-order valence-electron chi connectivity index (χ3n) is 3.20. The van der Waals surface area contributed by atoms with E-state index in [0.717, 1.165) is 6.08 Å². The van der Waals surface area contributed by atoms with Gasteiger partial charge in [0.05, 0.1) is 31.2 Å². The number of methoxy groups -OCH3 is 2. The minimum Gasteiger partial charge on any atom is -0.493 e. The number of rotatable bonds is 6. The van der Waals surface area contributed by atoms with Crippen molar-refractivity contribution in [2.45, 2.75) is 11.1 Å². The van der Waals surface area contributed by atoms with Crippen LogP contribution in [0.2, 0.25) is 0 Å². The molecule has 138 valence electrons. The van der Waals surface area contributed by atoms with Crippen LogP contribution in [-0.4, -0.2) is 26.4 Å². The Bertz CT molecular complexity index is 789. The van der Waals surface area contributed by atoms with Crippen LogP contribution in [0.15, 0.2) is 59.0 Å². The van der Waals surface area contributed by atoms with Gasteiger partial charge < -0.3 is 13.7 Å². The minimum atomic E-state index is -4.84. The molecule has 0 saturated heterocycles. The third kappa shape index (κ3) is 5.19. The predicted octanol–water partition coefficient (Wildman–Crippen LogP) is 4.90. The number of hydrogen-bond acceptors (Lipinski definition) is 5. The van der Waals surface area contributed by atoms with Gasteiger partial charge in [-0.2, -0.15) is 13.2 Å². The molecule has 8 heteroatoms. The highest BCUT2D eigenvalue weighted by Crippen LogP contribution is 2.34. The summed E-state index contributed by atoms with van der Waals surface area (Å²) in [5, 5.41) is 0. The molecule has 0 heterocycles. The first-order chi connectivity index (χ1) is 12.3. The highest BCUT2D eigenvalue weighted by Gasteiger charge is 2.40. The Kier molecular flexibility index (Phi) is 6.57. The number of benzene rings is 2. The first-order valence-corrected chi connectivity index (χ1v) is 8.04. The summed E-state index contributed by atoms with van der Waals surface area (Å²) in [6.07, 6.45) is -4.09. The summed E-state index contributed by atoms with van der Waals surface area (Å²) in [6.45, 7) is 0. The molecule has 0 amide bonds. The lowest BCUT2D eigenvalue weighted by Crippen LogP contribution is -2.20. The van der Waals surface area contributed by atoms with Gasteiger partial charge in [-0.25, -0.2) is 4.79 Å². The molecule has 2 aromatic rings. The molecule has 4 nitrogen and oxygen atoms in total. The first-order valence-electron chi connectivity index (χ1n) is 7.30. The largest absolute Gasteiger partial charge is 0.493 e. The maximum absolute atomic E-state index is 13.2. The Morgan fingerprint density at radius 2 is 1.65 bits per heavy atom. The topological polar surface area (TPSA) is 44.8 Å². The van der Waals surface area contributed by atoms with Crippen molar-refractivity contribution in [3.63, 3.8) is 0 Å². The number of carbonyl (C=O) groups excluding carboxylic acids is 1. The summed E-state index contributed by atoms with van der Waals surface area (Å²) in [6, 6.07) is 12.3. The Labute approximate surface area is 152 Å². The number of halogens is 3. The molecule has 0 unspecified atom stereocenters. The molecule has 0 atom stereocenters. The summed E-state index contributed by atoms with van der Waals surface area (Å²) in [5.41, 5.74) is -1.15.